The van der Waals surface area contributed by atoms with E-state index in [1.807, 2.05) is 102 Å². The minimum Gasteiger partial charge on any atom is -0.356 e. The van der Waals surface area contributed by atoms with Crippen molar-refractivity contribution in [2.45, 2.75) is 49.0 Å². The van der Waals surface area contributed by atoms with Crippen LogP contribution < -0.4 is 5.32 Å². The van der Waals surface area contributed by atoms with Crippen molar-refractivity contribution in [3.05, 3.63) is 60.7 Å². The Morgan fingerprint density at radius 2 is 0.750 bits per heavy atom. The first kappa shape index (κ1) is 23.3. The van der Waals surface area contributed by atoms with Gasteiger partial charge in [-0.05, 0) is 24.3 Å². The highest BCUT2D eigenvalue weighted by molar-refractivity contribution is 5.58. The van der Waals surface area contributed by atoms with E-state index in [1.54, 1.807) is 0 Å². The molecule has 114 valence electrons. The van der Waals surface area contributed by atoms with Crippen LogP contribution in [-0.4, -0.2) is 0 Å². The summed E-state index contributed by atoms with van der Waals surface area (Å²) in [5, 5.41) is 3.30. The Morgan fingerprint density at radius 3 is 1.00 bits per heavy atom. The second-order valence-electron chi connectivity index (χ2n) is 2.86. The van der Waals surface area contributed by atoms with Crippen LogP contribution in [0.15, 0.2) is 60.7 Å². The lowest BCUT2D eigenvalue weighted by molar-refractivity contribution is 1.50. The predicted octanol–water partition coefficient (Wildman–Crippen LogP) is 7.14. The number of anilines is 2. The van der Waals surface area contributed by atoms with Crippen molar-refractivity contribution in [1.82, 2.24) is 0 Å². The fourth-order valence-corrected chi connectivity index (χ4v) is 1.21. The van der Waals surface area contributed by atoms with Gasteiger partial charge < -0.3 is 5.32 Å². The Morgan fingerprint density at radius 1 is 0.500 bits per heavy atom. The third-order valence-corrected chi connectivity index (χ3v) is 1.84. The SMILES string of the molecule is C.CC.CC.CC.c1ccc(Nc2ccccc2)cc1. The van der Waals surface area contributed by atoms with Crippen molar-refractivity contribution in [2.75, 3.05) is 5.32 Å². The molecule has 0 unspecified atom stereocenters. The zero-order chi connectivity index (χ0) is 14.9. The van der Waals surface area contributed by atoms with Gasteiger partial charge in [0.2, 0.25) is 0 Å². The average Bonchev–Trinajstić information content (AvgIpc) is 2.55. The summed E-state index contributed by atoms with van der Waals surface area (Å²) in [6.45, 7) is 12.0. The summed E-state index contributed by atoms with van der Waals surface area (Å²) < 4.78 is 0. The Labute approximate surface area is 127 Å². The first-order valence-electron chi connectivity index (χ1n) is 7.32. The van der Waals surface area contributed by atoms with Crippen molar-refractivity contribution in [3.8, 4) is 0 Å². The van der Waals surface area contributed by atoms with Gasteiger partial charge in [-0.15, -0.1) is 0 Å². The molecule has 0 aromatic heterocycles. The van der Waals surface area contributed by atoms with E-state index >= 15 is 0 Å². The molecule has 0 aliphatic rings. The molecule has 0 bridgehead atoms. The fourth-order valence-electron chi connectivity index (χ4n) is 1.21. The van der Waals surface area contributed by atoms with Crippen molar-refractivity contribution in [1.29, 1.82) is 0 Å². The van der Waals surface area contributed by atoms with Gasteiger partial charge in [0.25, 0.3) is 0 Å². The predicted molar refractivity (Wildman–Crippen MR) is 96.9 cm³/mol. The smallest absolute Gasteiger partial charge is 0.0384 e. The molecule has 0 aliphatic carbocycles. The largest absolute Gasteiger partial charge is 0.356 e. The maximum Gasteiger partial charge on any atom is 0.0384 e. The topological polar surface area (TPSA) is 12.0 Å². The summed E-state index contributed by atoms with van der Waals surface area (Å²) in [7, 11) is 0. The summed E-state index contributed by atoms with van der Waals surface area (Å²) in [4.78, 5) is 0. The molecule has 0 spiro atoms. The second-order valence-corrected chi connectivity index (χ2v) is 2.86. The quantitative estimate of drug-likeness (QED) is 0.614. The van der Waals surface area contributed by atoms with E-state index in [2.05, 4.69) is 5.32 Å². The van der Waals surface area contributed by atoms with Gasteiger partial charge in [0.05, 0.1) is 0 Å². The van der Waals surface area contributed by atoms with Gasteiger partial charge >= 0.3 is 0 Å². The molecule has 0 heterocycles. The molecule has 0 fully saturated rings. The van der Waals surface area contributed by atoms with Crippen LogP contribution in [0, 0.1) is 0 Å². The molecule has 0 radical (unpaired) electrons. The molecule has 2 aromatic rings. The number of rotatable bonds is 2. The van der Waals surface area contributed by atoms with Crippen molar-refractivity contribution >= 4 is 11.4 Å². The lowest BCUT2D eigenvalue weighted by Gasteiger charge is -2.04. The summed E-state index contributed by atoms with van der Waals surface area (Å²) in [6.07, 6.45) is 0. The number of hydrogen-bond donors (Lipinski definition) is 1. The van der Waals surface area contributed by atoms with Gasteiger partial charge in [0, 0.05) is 11.4 Å². The summed E-state index contributed by atoms with van der Waals surface area (Å²) in [6, 6.07) is 20.3. The highest BCUT2D eigenvalue weighted by atomic mass is 14.9. The zero-order valence-corrected chi connectivity index (χ0v) is 13.3. The molecule has 2 rings (SSSR count). The number of para-hydroxylation sites is 2. The summed E-state index contributed by atoms with van der Waals surface area (Å²) in [5.74, 6) is 0. The molecule has 1 heteroatoms. The molecule has 20 heavy (non-hydrogen) atoms. The fraction of sp³-hybridized carbons (Fsp3) is 0.368. The molecule has 0 aliphatic heterocycles. The van der Waals surface area contributed by atoms with E-state index in [-0.39, 0.29) is 7.43 Å². The van der Waals surface area contributed by atoms with E-state index in [0.717, 1.165) is 11.4 Å². The Balaban J connectivity index is -0.000000368. The molecule has 0 atom stereocenters. The minimum absolute atomic E-state index is 0. The van der Waals surface area contributed by atoms with Gasteiger partial charge in [-0.25, -0.2) is 0 Å². The van der Waals surface area contributed by atoms with Crippen molar-refractivity contribution in [2.24, 2.45) is 0 Å². The van der Waals surface area contributed by atoms with Crippen LogP contribution in [0.2, 0.25) is 0 Å². The first-order valence-corrected chi connectivity index (χ1v) is 7.32. The molecular weight excluding hydrogens is 242 g/mol. The van der Waals surface area contributed by atoms with Crippen LogP contribution in [0.4, 0.5) is 11.4 Å². The van der Waals surface area contributed by atoms with Gasteiger partial charge in [0.1, 0.15) is 0 Å². The van der Waals surface area contributed by atoms with E-state index in [1.165, 1.54) is 0 Å². The Hall–Kier alpha value is -1.76. The van der Waals surface area contributed by atoms with Crippen LogP contribution in [0.25, 0.3) is 0 Å². The molecular formula is C19H33N. The molecule has 1 nitrogen and oxygen atoms in total. The zero-order valence-electron chi connectivity index (χ0n) is 13.3. The Bertz CT molecular complexity index is 317. The number of nitrogens with one attached hydrogen (secondary N) is 1. The van der Waals surface area contributed by atoms with Crippen molar-refractivity contribution < 1.29 is 0 Å². The van der Waals surface area contributed by atoms with Crippen molar-refractivity contribution in [3.63, 3.8) is 0 Å². The van der Waals surface area contributed by atoms with Gasteiger partial charge in [-0.1, -0.05) is 85.4 Å². The molecule has 0 amide bonds. The summed E-state index contributed by atoms with van der Waals surface area (Å²) in [5.41, 5.74) is 2.24. The van der Waals surface area contributed by atoms with Crippen LogP contribution in [-0.2, 0) is 0 Å². The standard InChI is InChI=1S/C12H11N.3C2H6.CH4/c1-3-7-11(8-4-1)13-12-9-5-2-6-10-12;3*1-2;/h1-10,13H;3*1-2H3;1H4. The van der Waals surface area contributed by atoms with E-state index < -0.39 is 0 Å². The lowest BCUT2D eigenvalue weighted by atomic mass is 10.3. The minimum atomic E-state index is 0. The molecule has 0 saturated carbocycles. The lowest BCUT2D eigenvalue weighted by Crippen LogP contribution is -1.87. The van der Waals surface area contributed by atoms with Gasteiger partial charge in [0.15, 0.2) is 0 Å². The third kappa shape index (κ3) is 11.3. The molecule has 2 aromatic carbocycles. The van der Waals surface area contributed by atoms with E-state index in [4.69, 9.17) is 0 Å². The van der Waals surface area contributed by atoms with E-state index in [9.17, 15) is 0 Å². The summed E-state index contributed by atoms with van der Waals surface area (Å²) >= 11 is 0. The normalized spacial score (nSPS) is 7.10. The molecule has 0 saturated heterocycles. The van der Waals surface area contributed by atoms with Crippen LogP contribution in [0.5, 0.6) is 0 Å². The highest BCUT2D eigenvalue weighted by Crippen LogP contribution is 2.14. The maximum atomic E-state index is 3.30. The van der Waals surface area contributed by atoms with Crippen LogP contribution in [0.1, 0.15) is 49.0 Å². The number of hydrogen-bond acceptors (Lipinski definition) is 1. The first-order chi connectivity index (χ1) is 9.45. The average molecular weight is 275 g/mol. The second kappa shape index (κ2) is 19.6. The van der Waals surface area contributed by atoms with Gasteiger partial charge in [-0.3, -0.25) is 0 Å². The van der Waals surface area contributed by atoms with Crippen LogP contribution >= 0.6 is 0 Å². The molecule has 1 N–H and O–H groups in total. The highest BCUT2D eigenvalue weighted by Gasteiger charge is 1.89. The maximum absolute atomic E-state index is 3.30. The van der Waals surface area contributed by atoms with E-state index in [0.29, 0.717) is 0 Å². The number of benzene rings is 2. The Kier molecular flexibility index (Phi) is 22.8. The monoisotopic (exact) mass is 275 g/mol. The third-order valence-electron chi connectivity index (χ3n) is 1.84. The van der Waals surface area contributed by atoms with Gasteiger partial charge in [-0.2, -0.15) is 0 Å². The van der Waals surface area contributed by atoms with Crippen LogP contribution in [0.3, 0.4) is 0 Å².